The van der Waals surface area contributed by atoms with E-state index in [4.69, 9.17) is 9.47 Å². The van der Waals surface area contributed by atoms with Gasteiger partial charge in [0.1, 0.15) is 17.5 Å². The number of benzene rings is 3. The van der Waals surface area contributed by atoms with Crippen LogP contribution in [0.5, 0.6) is 5.75 Å². The standard InChI is InChI=1S/C34H45N3O3/c1-34(2,3)40-33(38)36(4)22-21-31(29-15-9-6-10-16-29)39-32-18-12-11-17-30(32)35-25-27-19-23-37(24-20-27)26-28-13-7-5-8-14-28/h5-18,27,31,35H,19-26H2,1-4H3. The second kappa shape index (κ2) is 14.2. The lowest BCUT2D eigenvalue weighted by Crippen LogP contribution is -2.35. The molecular weight excluding hydrogens is 498 g/mol. The Hall–Kier alpha value is -3.51. The number of nitrogens with one attached hydrogen (secondary N) is 1. The lowest BCUT2D eigenvalue weighted by Gasteiger charge is -2.32. The predicted octanol–water partition coefficient (Wildman–Crippen LogP) is 7.39. The second-order valence-corrected chi connectivity index (χ2v) is 11.8. The predicted molar refractivity (Wildman–Crippen MR) is 163 cm³/mol. The number of hydrogen-bond donors (Lipinski definition) is 1. The number of carbonyl (C=O) groups excluding carboxylic acids is 1. The van der Waals surface area contributed by atoms with Gasteiger partial charge in [-0.2, -0.15) is 0 Å². The topological polar surface area (TPSA) is 54.0 Å². The number of anilines is 1. The van der Waals surface area contributed by atoms with Crippen LogP contribution in [0.25, 0.3) is 0 Å². The molecule has 0 aliphatic carbocycles. The fourth-order valence-electron chi connectivity index (χ4n) is 5.02. The van der Waals surface area contributed by atoms with E-state index in [1.165, 1.54) is 18.4 Å². The molecule has 40 heavy (non-hydrogen) atoms. The summed E-state index contributed by atoms with van der Waals surface area (Å²) in [6, 6.07) is 29.1. The molecule has 1 unspecified atom stereocenters. The number of amides is 1. The molecule has 1 atom stereocenters. The molecule has 1 N–H and O–H groups in total. The number of carbonyl (C=O) groups is 1. The second-order valence-electron chi connectivity index (χ2n) is 11.8. The molecule has 1 aliphatic heterocycles. The van der Waals surface area contributed by atoms with Gasteiger partial charge in [0, 0.05) is 33.1 Å². The number of ether oxygens (including phenoxy) is 2. The molecule has 1 heterocycles. The largest absolute Gasteiger partial charge is 0.484 e. The minimum absolute atomic E-state index is 0.199. The van der Waals surface area contributed by atoms with Crippen molar-refractivity contribution in [3.8, 4) is 5.75 Å². The highest BCUT2D eigenvalue weighted by molar-refractivity contribution is 5.67. The SMILES string of the molecule is CN(CCC(Oc1ccccc1NCC1CCN(Cc2ccccc2)CC1)c1ccccc1)C(=O)OC(C)(C)C. The Balaban J connectivity index is 1.34. The Morgan fingerprint density at radius 2 is 1.57 bits per heavy atom. The number of para-hydroxylation sites is 2. The first-order valence-electron chi connectivity index (χ1n) is 14.5. The highest BCUT2D eigenvalue weighted by atomic mass is 16.6. The molecular formula is C34H45N3O3. The van der Waals surface area contributed by atoms with Crippen LogP contribution in [0.1, 0.15) is 57.3 Å². The smallest absolute Gasteiger partial charge is 0.410 e. The molecule has 3 aromatic carbocycles. The molecule has 0 spiro atoms. The molecule has 3 aromatic rings. The van der Waals surface area contributed by atoms with E-state index in [-0.39, 0.29) is 12.2 Å². The summed E-state index contributed by atoms with van der Waals surface area (Å²) in [5, 5.41) is 3.69. The Labute approximate surface area is 240 Å². The molecule has 214 valence electrons. The third-order valence-electron chi connectivity index (χ3n) is 7.30. The number of hydrogen-bond acceptors (Lipinski definition) is 5. The highest BCUT2D eigenvalue weighted by Crippen LogP contribution is 2.32. The summed E-state index contributed by atoms with van der Waals surface area (Å²) in [5.41, 5.74) is 2.95. The van der Waals surface area contributed by atoms with E-state index in [0.717, 1.165) is 43.2 Å². The van der Waals surface area contributed by atoms with Gasteiger partial charge < -0.3 is 19.7 Å². The van der Waals surface area contributed by atoms with E-state index in [2.05, 4.69) is 58.7 Å². The van der Waals surface area contributed by atoms with Gasteiger partial charge in [0.2, 0.25) is 0 Å². The van der Waals surface area contributed by atoms with Crippen molar-refractivity contribution in [2.45, 2.75) is 58.3 Å². The van der Waals surface area contributed by atoms with Gasteiger partial charge in [0.25, 0.3) is 0 Å². The monoisotopic (exact) mass is 543 g/mol. The molecule has 4 rings (SSSR count). The van der Waals surface area contributed by atoms with Crippen LogP contribution < -0.4 is 10.1 Å². The summed E-state index contributed by atoms with van der Waals surface area (Å²) in [6.07, 6.45) is 2.50. The van der Waals surface area contributed by atoms with Crippen LogP contribution in [0.15, 0.2) is 84.9 Å². The van der Waals surface area contributed by atoms with Gasteiger partial charge in [-0.25, -0.2) is 4.79 Å². The van der Waals surface area contributed by atoms with Crippen LogP contribution >= 0.6 is 0 Å². The number of likely N-dealkylation sites (tertiary alicyclic amines) is 1. The molecule has 6 heteroatoms. The Bertz CT molecular complexity index is 1170. The minimum atomic E-state index is -0.524. The summed E-state index contributed by atoms with van der Waals surface area (Å²) in [7, 11) is 1.77. The Morgan fingerprint density at radius 1 is 0.950 bits per heavy atom. The average Bonchev–Trinajstić information content (AvgIpc) is 2.95. The van der Waals surface area contributed by atoms with Crippen molar-refractivity contribution in [2.24, 2.45) is 5.92 Å². The van der Waals surface area contributed by atoms with Gasteiger partial charge in [0.15, 0.2) is 0 Å². The maximum atomic E-state index is 12.5. The Morgan fingerprint density at radius 3 is 2.25 bits per heavy atom. The molecule has 1 saturated heterocycles. The molecule has 1 aliphatic rings. The van der Waals surface area contributed by atoms with Crippen molar-refractivity contribution < 1.29 is 14.3 Å². The molecule has 0 saturated carbocycles. The summed E-state index contributed by atoms with van der Waals surface area (Å²) in [5.74, 6) is 1.46. The fraction of sp³-hybridized carbons (Fsp3) is 0.441. The maximum Gasteiger partial charge on any atom is 0.410 e. The fourth-order valence-corrected chi connectivity index (χ4v) is 5.02. The van der Waals surface area contributed by atoms with Crippen LogP contribution in [0.4, 0.5) is 10.5 Å². The molecule has 1 fully saturated rings. The van der Waals surface area contributed by atoms with Crippen molar-refractivity contribution in [1.29, 1.82) is 0 Å². The highest BCUT2D eigenvalue weighted by Gasteiger charge is 2.23. The number of nitrogens with zero attached hydrogens (tertiary/aromatic N) is 2. The van der Waals surface area contributed by atoms with Crippen LogP contribution in [0.3, 0.4) is 0 Å². The van der Waals surface area contributed by atoms with E-state index in [1.807, 2.05) is 57.2 Å². The number of rotatable bonds is 11. The van der Waals surface area contributed by atoms with E-state index >= 15 is 0 Å². The van der Waals surface area contributed by atoms with Gasteiger partial charge in [-0.15, -0.1) is 0 Å². The first-order chi connectivity index (χ1) is 19.3. The van der Waals surface area contributed by atoms with Gasteiger partial charge >= 0.3 is 6.09 Å². The van der Waals surface area contributed by atoms with E-state index < -0.39 is 5.60 Å². The van der Waals surface area contributed by atoms with Crippen molar-refractivity contribution in [1.82, 2.24) is 9.80 Å². The van der Waals surface area contributed by atoms with Crippen molar-refractivity contribution in [3.05, 3.63) is 96.1 Å². The van der Waals surface area contributed by atoms with Crippen LogP contribution in [0.2, 0.25) is 0 Å². The minimum Gasteiger partial charge on any atom is -0.484 e. The molecule has 6 nitrogen and oxygen atoms in total. The van der Waals surface area contributed by atoms with Gasteiger partial charge in [-0.3, -0.25) is 4.90 Å². The zero-order valence-corrected chi connectivity index (χ0v) is 24.5. The summed E-state index contributed by atoms with van der Waals surface area (Å²) in [4.78, 5) is 16.7. The number of piperidine rings is 1. The first-order valence-corrected chi connectivity index (χ1v) is 14.5. The molecule has 0 radical (unpaired) electrons. The first kappa shape index (κ1) is 29.5. The maximum absolute atomic E-state index is 12.5. The van der Waals surface area contributed by atoms with E-state index in [9.17, 15) is 4.79 Å². The van der Waals surface area contributed by atoms with Crippen LogP contribution in [0, 0.1) is 5.92 Å². The zero-order valence-electron chi connectivity index (χ0n) is 24.5. The van der Waals surface area contributed by atoms with Gasteiger partial charge in [-0.1, -0.05) is 72.8 Å². The zero-order chi connectivity index (χ0) is 28.4. The quantitative estimate of drug-likeness (QED) is 0.273. The Kier molecular flexibility index (Phi) is 10.5. The van der Waals surface area contributed by atoms with Crippen LogP contribution in [-0.2, 0) is 11.3 Å². The molecule has 0 aromatic heterocycles. The third-order valence-corrected chi connectivity index (χ3v) is 7.30. The normalized spacial score (nSPS) is 15.3. The van der Waals surface area contributed by atoms with Gasteiger partial charge in [0.05, 0.1) is 5.69 Å². The van der Waals surface area contributed by atoms with Crippen molar-refractivity contribution >= 4 is 11.8 Å². The van der Waals surface area contributed by atoms with Gasteiger partial charge in [-0.05, 0) is 75.9 Å². The molecule has 0 bridgehead atoms. The van der Waals surface area contributed by atoms with E-state index in [0.29, 0.717) is 18.9 Å². The summed E-state index contributed by atoms with van der Waals surface area (Å²) < 4.78 is 12.2. The van der Waals surface area contributed by atoms with Crippen molar-refractivity contribution in [2.75, 3.05) is 38.5 Å². The summed E-state index contributed by atoms with van der Waals surface area (Å²) in [6.45, 7) is 10.4. The van der Waals surface area contributed by atoms with Crippen molar-refractivity contribution in [3.63, 3.8) is 0 Å². The lowest BCUT2D eigenvalue weighted by atomic mass is 9.96. The average molecular weight is 544 g/mol. The molecule has 1 amide bonds. The van der Waals surface area contributed by atoms with E-state index in [1.54, 1.807) is 11.9 Å². The summed E-state index contributed by atoms with van der Waals surface area (Å²) >= 11 is 0. The van der Waals surface area contributed by atoms with Crippen LogP contribution in [-0.4, -0.2) is 54.7 Å². The lowest BCUT2D eigenvalue weighted by molar-refractivity contribution is 0.0278. The third kappa shape index (κ3) is 9.30.